The van der Waals surface area contributed by atoms with Crippen LogP contribution in [-0.4, -0.2) is 61.9 Å². The molecule has 4 rings (SSSR count). The maximum atomic E-state index is 12.1. The van der Waals surface area contributed by atoms with Crippen LogP contribution in [0.1, 0.15) is 6.23 Å². The van der Waals surface area contributed by atoms with Crippen molar-refractivity contribution in [3.05, 3.63) is 12.7 Å². The molecule has 5 N–H and O–H groups in total. The lowest BCUT2D eigenvalue weighted by Gasteiger charge is -2.30. The molecular formula is C12H15N7O3. The van der Waals surface area contributed by atoms with Gasteiger partial charge in [0.05, 0.1) is 12.4 Å². The molecule has 116 valence electrons. The summed E-state index contributed by atoms with van der Waals surface area (Å²) in [5.41, 5.74) is 5.41. The van der Waals surface area contributed by atoms with Gasteiger partial charge in [0, 0.05) is 13.6 Å². The van der Waals surface area contributed by atoms with Crippen molar-refractivity contribution in [2.75, 3.05) is 19.3 Å². The average molecular weight is 305 g/mol. The van der Waals surface area contributed by atoms with E-state index in [1.807, 2.05) is 0 Å². The highest BCUT2D eigenvalue weighted by Gasteiger charge is 2.64. The normalized spacial score (nSPS) is 33.5. The molecule has 0 aromatic carbocycles. The number of aliphatic hydroxyl groups is 1. The molecule has 0 saturated carbocycles. The molecule has 2 aromatic heterocycles. The second kappa shape index (κ2) is 4.35. The maximum Gasteiger partial charge on any atom is 0.256 e. The molecule has 2 bridgehead atoms. The van der Waals surface area contributed by atoms with Gasteiger partial charge in [0.25, 0.3) is 5.91 Å². The van der Waals surface area contributed by atoms with Gasteiger partial charge >= 0.3 is 0 Å². The van der Waals surface area contributed by atoms with Crippen LogP contribution in [0.15, 0.2) is 12.7 Å². The number of fused-ring (bicyclic) bond motifs is 3. The molecule has 4 atom stereocenters. The Morgan fingerprint density at radius 1 is 1.59 bits per heavy atom. The number of rotatable bonds is 2. The molecule has 2 aliphatic rings. The summed E-state index contributed by atoms with van der Waals surface area (Å²) in [7, 11) is 1.51. The Morgan fingerprint density at radius 2 is 2.41 bits per heavy atom. The first-order chi connectivity index (χ1) is 10.6. The quantitative estimate of drug-likeness (QED) is 0.488. The zero-order chi connectivity index (χ0) is 15.5. The molecule has 10 heteroatoms. The number of likely N-dealkylation sites (N-methyl/N-ethyl adjacent to an activating group) is 1. The zero-order valence-corrected chi connectivity index (χ0v) is 11.7. The number of ether oxygens (including phenoxy) is 1. The second-order valence-electron chi connectivity index (χ2n) is 5.41. The second-order valence-corrected chi connectivity index (χ2v) is 5.41. The molecule has 2 saturated heterocycles. The number of aromatic nitrogens is 4. The Morgan fingerprint density at radius 3 is 3.18 bits per heavy atom. The predicted molar refractivity (Wildman–Crippen MR) is 74.5 cm³/mol. The lowest BCUT2D eigenvalue weighted by atomic mass is 9.98. The molecule has 10 nitrogen and oxygen atoms in total. The third-order valence-electron chi connectivity index (χ3n) is 4.33. The number of hydrogen-bond acceptors (Lipinski definition) is 8. The van der Waals surface area contributed by atoms with Crippen LogP contribution in [0.3, 0.4) is 0 Å². The summed E-state index contributed by atoms with van der Waals surface area (Å²) in [6.07, 6.45) is 1.28. The van der Waals surface area contributed by atoms with Gasteiger partial charge in [-0.25, -0.2) is 15.0 Å². The Balaban J connectivity index is 1.78. The Kier molecular flexibility index (Phi) is 2.64. The van der Waals surface area contributed by atoms with Gasteiger partial charge in [0.15, 0.2) is 23.3 Å². The van der Waals surface area contributed by atoms with Crippen molar-refractivity contribution in [2.45, 2.75) is 24.0 Å². The minimum Gasteiger partial charge on any atom is -0.388 e. The average Bonchev–Trinajstić information content (AvgIpc) is 3.18. The number of hydrogen-bond donors (Lipinski definition) is 4. The van der Waals surface area contributed by atoms with Crippen LogP contribution in [0.5, 0.6) is 0 Å². The van der Waals surface area contributed by atoms with E-state index in [1.54, 1.807) is 4.57 Å². The molecule has 0 radical (unpaired) electrons. The van der Waals surface area contributed by atoms with E-state index in [-0.39, 0.29) is 18.3 Å². The molecular weight excluding hydrogens is 290 g/mol. The first kappa shape index (κ1) is 13.4. The molecule has 4 heterocycles. The first-order valence-corrected chi connectivity index (χ1v) is 6.83. The van der Waals surface area contributed by atoms with E-state index in [0.29, 0.717) is 11.2 Å². The van der Waals surface area contributed by atoms with Crippen LogP contribution in [0, 0.1) is 0 Å². The Hall–Kier alpha value is -2.30. The largest absolute Gasteiger partial charge is 0.388 e. The minimum absolute atomic E-state index is 0.249. The Bertz CT molecular complexity index is 762. The van der Waals surface area contributed by atoms with Crippen molar-refractivity contribution in [2.24, 2.45) is 0 Å². The highest BCUT2D eigenvalue weighted by molar-refractivity contribution is 5.87. The summed E-state index contributed by atoms with van der Waals surface area (Å²) < 4.78 is 7.55. The number of anilines is 1. The van der Waals surface area contributed by atoms with Gasteiger partial charge in [0.2, 0.25) is 0 Å². The van der Waals surface area contributed by atoms with Gasteiger partial charge in [0.1, 0.15) is 17.9 Å². The topological polar surface area (TPSA) is 140 Å². The number of imidazole rings is 1. The van der Waals surface area contributed by atoms with E-state index in [4.69, 9.17) is 10.5 Å². The van der Waals surface area contributed by atoms with E-state index >= 15 is 0 Å². The molecule has 2 fully saturated rings. The number of aliphatic hydroxyl groups excluding tert-OH is 1. The third-order valence-corrected chi connectivity index (χ3v) is 4.33. The number of nitrogen functional groups attached to an aromatic ring is 1. The van der Waals surface area contributed by atoms with E-state index in [0.717, 1.165) is 0 Å². The van der Waals surface area contributed by atoms with Crippen molar-refractivity contribution in [1.29, 1.82) is 0 Å². The monoisotopic (exact) mass is 305 g/mol. The van der Waals surface area contributed by atoms with Crippen LogP contribution in [0.4, 0.5) is 5.82 Å². The number of carbonyl (C=O) groups is 1. The minimum atomic E-state index is -1.31. The van der Waals surface area contributed by atoms with Gasteiger partial charge in [-0.3, -0.25) is 9.36 Å². The fourth-order valence-electron chi connectivity index (χ4n) is 3.20. The molecule has 2 aromatic rings. The van der Waals surface area contributed by atoms with E-state index < -0.39 is 24.0 Å². The van der Waals surface area contributed by atoms with Crippen LogP contribution < -0.4 is 16.4 Å². The summed E-state index contributed by atoms with van der Waals surface area (Å²) in [5, 5.41) is 16.1. The number of nitrogens with zero attached hydrogens (tertiary/aromatic N) is 4. The highest BCUT2D eigenvalue weighted by Crippen LogP contribution is 2.42. The molecule has 3 unspecified atom stereocenters. The number of morpholine rings is 1. The molecule has 0 spiro atoms. The van der Waals surface area contributed by atoms with E-state index in [1.165, 1.54) is 19.7 Å². The number of amides is 1. The maximum absolute atomic E-state index is 12.1. The van der Waals surface area contributed by atoms with Crippen molar-refractivity contribution in [1.82, 2.24) is 30.2 Å². The summed E-state index contributed by atoms with van der Waals surface area (Å²) in [6, 6.07) is -0.439. The van der Waals surface area contributed by atoms with E-state index in [9.17, 15) is 9.90 Å². The summed E-state index contributed by atoms with van der Waals surface area (Å²) in [6.45, 7) is 0.249. The van der Waals surface area contributed by atoms with Crippen LogP contribution in [0.2, 0.25) is 0 Å². The van der Waals surface area contributed by atoms with Gasteiger partial charge in [-0.1, -0.05) is 0 Å². The van der Waals surface area contributed by atoms with Crippen LogP contribution in [0.25, 0.3) is 11.2 Å². The van der Waals surface area contributed by atoms with Crippen LogP contribution in [-0.2, 0) is 9.53 Å². The predicted octanol–water partition coefficient (Wildman–Crippen LogP) is -2.25. The first-order valence-electron chi connectivity index (χ1n) is 6.83. The SMILES string of the molecule is CNC(=O)[C@]12CNC(C(n3cnc4c(N)ncnc43)O1)C2O. The summed E-state index contributed by atoms with van der Waals surface area (Å²) in [4.78, 5) is 24.4. The standard InChI is InChI=1S/C12H15N7O3/c1-14-11(21)12-2-15-5(7(12)20)10(22-12)19-4-18-6-8(13)16-3-17-9(6)19/h3-5,7,10,15,20H,2H2,1H3,(H,14,21)(H2,13,16,17)/t5?,7?,10?,12-/m1/s1. The molecule has 0 aliphatic carbocycles. The van der Waals surface area contributed by atoms with Gasteiger partial charge in [-0.2, -0.15) is 0 Å². The van der Waals surface area contributed by atoms with Crippen molar-refractivity contribution < 1.29 is 14.6 Å². The molecule has 2 aliphatic heterocycles. The van der Waals surface area contributed by atoms with Crippen LogP contribution >= 0.6 is 0 Å². The summed E-state index contributed by atoms with van der Waals surface area (Å²) >= 11 is 0. The van der Waals surface area contributed by atoms with Crippen molar-refractivity contribution in [3.63, 3.8) is 0 Å². The number of nitrogens with two attached hydrogens (primary N) is 1. The third kappa shape index (κ3) is 1.48. The highest BCUT2D eigenvalue weighted by atomic mass is 16.6. The molecule has 22 heavy (non-hydrogen) atoms. The fraction of sp³-hybridized carbons (Fsp3) is 0.500. The smallest absolute Gasteiger partial charge is 0.256 e. The lowest BCUT2D eigenvalue weighted by Crippen LogP contribution is -2.54. The summed E-state index contributed by atoms with van der Waals surface area (Å²) in [5.74, 6) is -0.0995. The van der Waals surface area contributed by atoms with Crippen molar-refractivity contribution in [3.8, 4) is 0 Å². The molecule has 1 amide bonds. The fourth-order valence-corrected chi connectivity index (χ4v) is 3.20. The number of carbonyl (C=O) groups excluding carboxylic acids is 1. The van der Waals surface area contributed by atoms with Gasteiger partial charge in [-0.15, -0.1) is 0 Å². The van der Waals surface area contributed by atoms with E-state index in [2.05, 4.69) is 25.6 Å². The zero-order valence-electron chi connectivity index (χ0n) is 11.7. The van der Waals surface area contributed by atoms with Crippen molar-refractivity contribution >= 4 is 22.9 Å². The van der Waals surface area contributed by atoms with Gasteiger partial charge < -0.3 is 26.2 Å². The Labute approximate surface area is 124 Å². The lowest BCUT2D eigenvalue weighted by molar-refractivity contribution is -0.158. The number of nitrogens with one attached hydrogen (secondary N) is 2. The van der Waals surface area contributed by atoms with Gasteiger partial charge in [-0.05, 0) is 0 Å².